The summed E-state index contributed by atoms with van der Waals surface area (Å²) < 4.78 is 31.2. The highest BCUT2D eigenvalue weighted by Gasteiger charge is 2.34. The Bertz CT molecular complexity index is 1020. The van der Waals surface area contributed by atoms with Gasteiger partial charge in [-0.2, -0.15) is 8.78 Å². The van der Waals surface area contributed by atoms with Crippen LogP contribution >= 0.6 is 34.7 Å². The highest BCUT2D eigenvalue weighted by Crippen LogP contribution is 2.35. The van der Waals surface area contributed by atoms with Crippen molar-refractivity contribution in [3.63, 3.8) is 0 Å². The molecule has 150 valence electrons. The van der Waals surface area contributed by atoms with E-state index in [1.54, 1.807) is 18.2 Å². The van der Waals surface area contributed by atoms with Crippen molar-refractivity contribution in [3.05, 3.63) is 64.7 Å². The van der Waals surface area contributed by atoms with Gasteiger partial charge in [-0.1, -0.05) is 53.3 Å². The Hall–Kier alpha value is -2.23. The molecular formula is C19H14ClF2N3O2S2. The molecule has 29 heavy (non-hydrogen) atoms. The van der Waals surface area contributed by atoms with Crippen molar-refractivity contribution in [2.75, 3.05) is 4.90 Å². The van der Waals surface area contributed by atoms with Gasteiger partial charge in [0.05, 0.1) is 6.54 Å². The molecule has 4 rings (SSSR count). The van der Waals surface area contributed by atoms with Gasteiger partial charge in [0.2, 0.25) is 5.13 Å². The van der Waals surface area contributed by atoms with Crippen molar-refractivity contribution in [2.24, 2.45) is 0 Å². The molecule has 1 amide bonds. The fourth-order valence-electron chi connectivity index (χ4n) is 2.97. The summed E-state index contributed by atoms with van der Waals surface area (Å²) in [6.45, 7) is 0.227. The molecule has 3 aromatic rings. The number of hydrogen-bond acceptors (Lipinski definition) is 6. The van der Waals surface area contributed by atoms with Gasteiger partial charge in [0.25, 0.3) is 11.7 Å². The number of alkyl halides is 2. The van der Waals surface area contributed by atoms with Crippen LogP contribution in [0.1, 0.15) is 11.1 Å². The minimum atomic E-state index is -2.61. The maximum Gasteiger partial charge on any atom is 0.291 e. The first kappa shape index (κ1) is 20.1. The largest absolute Gasteiger partial charge is 0.480 e. The molecule has 0 saturated heterocycles. The number of aromatic nitrogens is 2. The van der Waals surface area contributed by atoms with Crippen molar-refractivity contribution in [1.29, 1.82) is 0 Å². The zero-order valence-corrected chi connectivity index (χ0v) is 17.2. The number of amides is 1. The summed E-state index contributed by atoms with van der Waals surface area (Å²) in [5, 5.41) is 8.56. The summed E-state index contributed by atoms with van der Waals surface area (Å²) in [5.41, 5.74) is 1.72. The Morgan fingerprint density at radius 1 is 1.28 bits per heavy atom. The molecular weight excluding hydrogens is 440 g/mol. The van der Waals surface area contributed by atoms with E-state index in [2.05, 4.69) is 10.2 Å². The van der Waals surface area contributed by atoms with Gasteiger partial charge in [-0.25, -0.2) is 0 Å². The molecule has 0 aliphatic carbocycles. The summed E-state index contributed by atoms with van der Waals surface area (Å²) in [7, 11) is 0. The highest BCUT2D eigenvalue weighted by atomic mass is 35.5. The number of rotatable bonds is 6. The Morgan fingerprint density at radius 3 is 2.83 bits per heavy atom. The Labute approximate surface area is 178 Å². The number of halogens is 3. The molecule has 0 unspecified atom stereocenters. The van der Waals surface area contributed by atoms with E-state index >= 15 is 0 Å². The third-order valence-electron chi connectivity index (χ3n) is 4.24. The third-order valence-corrected chi connectivity index (χ3v) is 6.21. The second kappa shape index (κ2) is 8.64. The van der Waals surface area contributed by atoms with Crippen LogP contribution in [0.15, 0.2) is 52.9 Å². The van der Waals surface area contributed by atoms with Gasteiger partial charge < -0.3 is 4.74 Å². The topological polar surface area (TPSA) is 55.3 Å². The second-order valence-electron chi connectivity index (χ2n) is 6.20. The lowest BCUT2D eigenvalue weighted by molar-refractivity contribution is -0.124. The lowest BCUT2D eigenvalue weighted by atomic mass is 10.1. The number of carbonyl (C=O) groups excluding carboxylic acids is 1. The van der Waals surface area contributed by atoms with Crippen LogP contribution in [0.3, 0.4) is 0 Å². The lowest BCUT2D eigenvalue weighted by Gasteiger charge is -2.22. The van der Waals surface area contributed by atoms with E-state index in [1.165, 1.54) is 4.90 Å². The molecule has 0 N–H and O–H groups in total. The van der Waals surface area contributed by atoms with Gasteiger partial charge in [-0.05, 0) is 41.1 Å². The van der Waals surface area contributed by atoms with Gasteiger partial charge >= 0.3 is 0 Å². The molecule has 1 atom stereocenters. The average molecular weight is 454 g/mol. The fraction of sp³-hybridized carbons (Fsp3) is 0.211. The fourth-order valence-corrected chi connectivity index (χ4v) is 4.62. The van der Waals surface area contributed by atoms with Crippen LogP contribution in [0.5, 0.6) is 5.75 Å². The molecule has 0 radical (unpaired) electrons. The number of benzene rings is 2. The standard InChI is InChI=1S/C19H14ClF2N3O2S2/c20-13-6-7-14-12(8-13)9-15(27-14)16(26)25(10-11-4-2-1-3-5-11)18-23-24-19(29-18)28-17(21)22/h1-8,15,17H,9-10H2/t15-/m0/s1. The molecule has 1 aromatic heterocycles. The van der Waals surface area contributed by atoms with Crippen molar-refractivity contribution < 1.29 is 18.3 Å². The molecule has 1 aliphatic rings. The van der Waals surface area contributed by atoms with E-state index in [0.29, 0.717) is 29.0 Å². The molecule has 2 aromatic carbocycles. The van der Waals surface area contributed by atoms with Crippen LogP contribution in [0.2, 0.25) is 5.02 Å². The normalized spacial score (nSPS) is 15.2. The maximum atomic E-state index is 13.3. The molecule has 1 aliphatic heterocycles. The monoisotopic (exact) mass is 453 g/mol. The summed E-state index contributed by atoms with van der Waals surface area (Å²) in [4.78, 5) is 14.7. The van der Waals surface area contributed by atoms with Crippen molar-refractivity contribution in [3.8, 4) is 5.75 Å². The van der Waals surface area contributed by atoms with Crippen LogP contribution in [0.4, 0.5) is 13.9 Å². The average Bonchev–Trinajstić information content (AvgIpc) is 3.32. The number of hydrogen-bond donors (Lipinski definition) is 0. The SMILES string of the molecule is O=C([C@@H]1Cc2cc(Cl)ccc2O1)N(Cc1ccccc1)c1nnc(SC(F)F)s1. The minimum absolute atomic E-state index is 0.100. The maximum absolute atomic E-state index is 13.3. The second-order valence-corrected chi connectivity index (χ2v) is 8.83. The van der Waals surface area contributed by atoms with Gasteiger partial charge in [-0.3, -0.25) is 9.69 Å². The van der Waals surface area contributed by atoms with Crippen molar-refractivity contribution >= 4 is 45.7 Å². The minimum Gasteiger partial charge on any atom is -0.480 e. The van der Waals surface area contributed by atoms with Crippen LogP contribution in [-0.2, 0) is 17.8 Å². The number of anilines is 1. The van der Waals surface area contributed by atoms with Crippen LogP contribution in [-0.4, -0.2) is 28.0 Å². The Balaban J connectivity index is 1.60. The molecule has 0 saturated carbocycles. The van der Waals surface area contributed by atoms with E-state index in [9.17, 15) is 13.6 Å². The summed E-state index contributed by atoms with van der Waals surface area (Å²) >= 11 is 7.29. The van der Waals surface area contributed by atoms with Gasteiger partial charge in [0, 0.05) is 11.4 Å². The van der Waals surface area contributed by atoms with Crippen LogP contribution < -0.4 is 9.64 Å². The predicted molar refractivity (Wildman–Crippen MR) is 109 cm³/mol. The first-order valence-electron chi connectivity index (χ1n) is 8.58. The highest BCUT2D eigenvalue weighted by molar-refractivity contribution is 8.01. The Morgan fingerprint density at radius 2 is 2.07 bits per heavy atom. The number of fused-ring (bicyclic) bond motifs is 1. The number of nitrogens with zero attached hydrogens (tertiary/aromatic N) is 3. The zero-order valence-electron chi connectivity index (χ0n) is 14.8. The van der Waals surface area contributed by atoms with Crippen molar-refractivity contribution in [1.82, 2.24) is 10.2 Å². The predicted octanol–water partition coefficient (Wildman–Crippen LogP) is 5.04. The van der Waals surface area contributed by atoms with Gasteiger partial charge in [0.1, 0.15) is 5.75 Å². The smallest absolute Gasteiger partial charge is 0.291 e. The molecule has 0 bridgehead atoms. The zero-order chi connectivity index (χ0) is 20.4. The van der Waals surface area contributed by atoms with E-state index < -0.39 is 11.9 Å². The molecule has 0 fully saturated rings. The summed E-state index contributed by atoms with van der Waals surface area (Å²) in [6.07, 6.45) is -0.375. The van der Waals surface area contributed by atoms with E-state index in [1.807, 2.05) is 30.3 Å². The van der Waals surface area contributed by atoms with Gasteiger partial charge in [-0.15, -0.1) is 10.2 Å². The first-order valence-corrected chi connectivity index (χ1v) is 10.7. The molecule has 2 heterocycles. The number of thioether (sulfide) groups is 1. The molecule has 5 nitrogen and oxygen atoms in total. The van der Waals surface area contributed by atoms with Crippen LogP contribution in [0.25, 0.3) is 0 Å². The quantitative estimate of drug-likeness (QED) is 0.386. The van der Waals surface area contributed by atoms with E-state index in [-0.39, 0.29) is 21.9 Å². The number of ether oxygens (including phenoxy) is 1. The van der Waals surface area contributed by atoms with E-state index in [4.69, 9.17) is 16.3 Å². The molecule has 0 spiro atoms. The lowest BCUT2D eigenvalue weighted by Crippen LogP contribution is -2.41. The summed E-state index contributed by atoms with van der Waals surface area (Å²) in [5.74, 6) is -2.31. The van der Waals surface area contributed by atoms with Crippen molar-refractivity contribution in [2.45, 2.75) is 29.2 Å². The number of carbonyl (C=O) groups is 1. The molecule has 10 heteroatoms. The first-order chi connectivity index (χ1) is 14.0. The Kier molecular flexibility index (Phi) is 5.98. The third kappa shape index (κ3) is 4.68. The summed E-state index contributed by atoms with van der Waals surface area (Å²) in [6, 6.07) is 14.6. The van der Waals surface area contributed by atoms with Crippen LogP contribution in [0, 0.1) is 0 Å². The van der Waals surface area contributed by atoms with Gasteiger partial charge in [0.15, 0.2) is 10.4 Å². The van der Waals surface area contributed by atoms with E-state index in [0.717, 1.165) is 22.5 Å².